The molecule has 0 spiro atoms. The zero-order valence-corrected chi connectivity index (χ0v) is 20.1. The van der Waals surface area contributed by atoms with E-state index < -0.39 is 11.5 Å². The van der Waals surface area contributed by atoms with Gasteiger partial charge in [-0.3, -0.25) is 0 Å². The lowest BCUT2D eigenvalue weighted by Crippen LogP contribution is -2.49. The molecule has 3 aromatic rings. The Labute approximate surface area is 196 Å². The van der Waals surface area contributed by atoms with Gasteiger partial charge in [-0.15, -0.1) is 0 Å². The number of aliphatic carboxylic acids is 1. The highest BCUT2D eigenvalue weighted by atomic mass is 16.4. The Morgan fingerprint density at radius 2 is 1.82 bits per heavy atom. The average Bonchev–Trinajstić information content (AvgIpc) is 3.19. The number of benzene rings is 2. The summed E-state index contributed by atoms with van der Waals surface area (Å²) in [7, 11) is 2.15. The fourth-order valence-electron chi connectivity index (χ4n) is 5.14. The summed E-state index contributed by atoms with van der Waals surface area (Å²) in [6.07, 6.45) is 4.26. The number of rotatable bonds is 8. The number of hydrogen-bond donors (Lipinski definition) is 2. The lowest BCUT2D eigenvalue weighted by molar-refractivity contribution is -0.144. The predicted octanol–water partition coefficient (Wildman–Crippen LogP) is 3.98. The molecule has 1 unspecified atom stereocenters. The minimum atomic E-state index is -1.61. The molecule has 6 nitrogen and oxygen atoms in total. The van der Waals surface area contributed by atoms with Crippen molar-refractivity contribution in [2.75, 3.05) is 20.1 Å². The molecule has 0 bridgehead atoms. The maximum atomic E-state index is 12.7. The Morgan fingerprint density at radius 3 is 2.48 bits per heavy atom. The fourth-order valence-corrected chi connectivity index (χ4v) is 5.14. The standard InChI is InChI=1S/C27H36N4O2/c1-4-21-11-10-20(16-22(21)5-2)17-27(28,26(32)33)25-29-23-8-6-7-9-24(23)31(25)18-19-12-14-30(3)15-13-19/h6-11,16,19H,4-5,12-15,17-18,28H2,1-3H3,(H,32,33). The van der Waals surface area contributed by atoms with Crippen LogP contribution in [-0.2, 0) is 36.1 Å². The number of likely N-dealkylation sites (tertiary alicyclic amines) is 1. The largest absolute Gasteiger partial charge is 0.480 e. The Bertz CT molecular complexity index is 1130. The van der Waals surface area contributed by atoms with Gasteiger partial charge in [0.25, 0.3) is 0 Å². The number of carboxylic acid groups (broad SMARTS) is 1. The highest BCUT2D eigenvalue weighted by molar-refractivity contribution is 5.83. The molecule has 1 aliphatic rings. The van der Waals surface area contributed by atoms with Gasteiger partial charge >= 0.3 is 5.97 Å². The van der Waals surface area contributed by atoms with Crippen molar-refractivity contribution < 1.29 is 9.90 Å². The average molecular weight is 449 g/mol. The summed E-state index contributed by atoms with van der Waals surface area (Å²) >= 11 is 0. The molecule has 2 aromatic carbocycles. The van der Waals surface area contributed by atoms with E-state index in [0.717, 1.165) is 61.9 Å². The quantitative estimate of drug-likeness (QED) is 0.544. The topological polar surface area (TPSA) is 84.4 Å². The molecule has 33 heavy (non-hydrogen) atoms. The lowest BCUT2D eigenvalue weighted by Gasteiger charge is -2.31. The van der Waals surface area contributed by atoms with Crippen molar-refractivity contribution in [3.05, 3.63) is 65.0 Å². The van der Waals surface area contributed by atoms with Gasteiger partial charge in [-0.1, -0.05) is 44.2 Å². The second-order valence-corrected chi connectivity index (χ2v) is 9.54. The van der Waals surface area contributed by atoms with Crippen LogP contribution in [0.5, 0.6) is 0 Å². The summed E-state index contributed by atoms with van der Waals surface area (Å²) in [6, 6.07) is 14.1. The first-order valence-electron chi connectivity index (χ1n) is 12.1. The fraction of sp³-hybridized carbons (Fsp3) is 0.481. The summed E-state index contributed by atoms with van der Waals surface area (Å²) in [5, 5.41) is 10.4. The maximum Gasteiger partial charge on any atom is 0.331 e. The SMILES string of the molecule is CCc1ccc(CC(N)(C(=O)O)c2nc3ccccc3n2CC2CCN(C)CC2)cc1CC. The van der Waals surface area contributed by atoms with Crippen LogP contribution >= 0.6 is 0 Å². The van der Waals surface area contributed by atoms with Gasteiger partial charge in [-0.2, -0.15) is 0 Å². The van der Waals surface area contributed by atoms with Crippen LogP contribution in [0.3, 0.4) is 0 Å². The number of piperidine rings is 1. The van der Waals surface area contributed by atoms with Crippen LogP contribution in [0, 0.1) is 5.92 Å². The van der Waals surface area contributed by atoms with Gasteiger partial charge in [-0.05, 0) is 80.6 Å². The van der Waals surface area contributed by atoms with Crippen molar-refractivity contribution in [3.63, 3.8) is 0 Å². The third-order valence-electron chi connectivity index (χ3n) is 7.23. The number of nitrogens with two attached hydrogens (primary N) is 1. The van der Waals surface area contributed by atoms with Crippen LogP contribution in [0.15, 0.2) is 42.5 Å². The summed E-state index contributed by atoms with van der Waals surface area (Å²) in [5.41, 5.74) is 10.4. The molecule has 1 aliphatic heterocycles. The van der Waals surface area contributed by atoms with E-state index in [1.807, 2.05) is 30.3 Å². The molecule has 6 heteroatoms. The zero-order valence-electron chi connectivity index (χ0n) is 20.1. The van der Waals surface area contributed by atoms with E-state index in [-0.39, 0.29) is 6.42 Å². The normalized spacial score (nSPS) is 17.3. The van der Waals surface area contributed by atoms with Crippen molar-refractivity contribution in [3.8, 4) is 0 Å². The highest BCUT2D eigenvalue weighted by Gasteiger charge is 2.41. The molecule has 1 fully saturated rings. The van der Waals surface area contributed by atoms with Crippen LogP contribution in [0.1, 0.15) is 49.2 Å². The van der Waals surface area contributed by atoms with Crippen LogP contribution in [0.25, 0.3) is 11.0 Å². The number of aromatic nitrogens is 2. The van der Waals surface area contributed by atoms with Crippen molar-refractivity contribution >= 4 is 17.0 Å². The first-order chi connectivity index (χ1) is 15.9. The molecule has 3 N–H and O–H groups in total. The summed E-state index contributed by atoms with van der Waals surface area (Å²) in [6.45, 7) is 7.13. The molecule has 1 saturated heterocycles. The van der Waals surface area contributed by atoms with Gasteiger partial charge in [0, 0.05) is 13.0 Å². The molecule has 0 saturated carbocycles. The number of carboxylic acids is 1. The van der Waals surface area contributed by atoms with Crippen molar-refractivity contribution in [2.45, 2.75) is 58.0 Å². The predicted molar refractivity (Wildman–Crippen MR) is 132 cm³/mol. The van der Waals surface area contributed by atoms with Gasteiger partial charge < -0.3 is 20.3 Å². The van der Waals surface area contributed by atoms with E-state index in [2.05, 4.69) is 42.5 Å². The van der Waals surface area contributed by atoms with Crippen LogP contribution in [-0.4, -0.2) is 45.7 Å². The number of fused-ring (bicyclic) bond motifs is 1. The second kappa shape index (κ2) is 9.65. The summed E-state index contributed by atoms with van der Waals surface area (Å²) < 4.78 is 2.08. The minimum Gasteiger partial charge on any atom is -0.480 e. The van der Waals surface area contributed by atoms with E-state index in [1.54, 1.807) is 0 Å². The Balaban J connectivity index is 1.76. The Morgan fingerprint density at radius 1 is 1.12 bits per heavy atom. The van der Waals surface area contributed by atoms with E-state index in [4.69, 9.17) is 10.7 Å². The number of hydrogen-bond acceptors (Lipinski definition) is 4. The molecule has 0 amide bonds. The van der Waals surface area contributed by atoms with Crippen molar-refractivity contribution in [2.24, 2.45) is 11.7 Å². The van der Waals surface area contributed by atoms with Crippen LogP contribution < -0.4 is 5.73 Å². The molecule has 2 heterocycles. The highest BCUT2D eigenvalue weighted by Crippen LogP contribution is 2.30. The summed E-state index contributed by atoms with van der Waals surface area (Å²) in [5.74, 6) is -0.112. The van der Waals surface area contributed by atoms with E-state index in [0.29, 0.717) is 11.7 Å². The molecule has 176 valence electrons. The molecule has 4 rings (SSSR count). The van der Waals surface area contributed by atoms with Crippen molar-refractivity contribution in [1.82, 2.24) is 14.5 Å². The van der Waals surface area contributed by atoms with Gasteiger partial charge in [0.1, 0.15) is 5.82 Å². The maximum absolute atomic E-state index is 12.7. The Kier molecular flexibility index (Phi) is 6.86. The van der Waals surface area contributed by atoms with Crippen LogP contribution in [0.4, 0.5) is 0 Å². The molecule has 1 atom stereocenters. The van der Waals surface area contributed by atoms with Gasteiger partial charge in [-0.25, -0.2) is 9.78 Å². The van der Waals surface area contributed by atoms with Gasteiger partial charge in [0.15, 0.2) is 5.54 Å². The smallest absolute Gasteiger partial charge is 0.331 e. The number of para-hydroxylation sites is 2. The van der Waals surface area contributed by atoms with E-state index in [9.17, 15) is 9.90 Å². The first-order valence-corrected chi connectivity index (χ1v) is 12.1. The Hall–Kier alpha value is -2.70. The van der Waals surface area contributed by atoms with Gasteiger partial charge in [0.05, 0.1) is 11.0 Å². The molecular weight excluding hydrogens is 412 g/mol. The monoisotopic (exact) mass is 448 g/mol. The lowest BCUT2D eigenvalue weighted by atomic mass is 9.88. The third-order valence-corrected chi connectivity index (χ3v) is 7.23. The minimum absolute atomic E-state index is 0.204. The zero-order chi connectivity index (χ0) is 23.6. The van der Waals surface area contributed by atoms with Gasteiger partial charge in [0.2, 0.25) is 0 Å². The summed E-state index contributed by atoms with van der Waals surface area (Å²) in [4.78, 5) is 19.8. The molecular formula is C27H36N4O2. The van der Waals surface area contributed by atoms with Crippen LogP contribution in [0.2, 0.25) is 0 Å². The second-order valence-electron chi connectivity index (χ2n) is 9.54. The first kappa shape index (κ1) is 23.5. The number of aryl methyl sites for hydroxylation is 2. The van der Waals surface area contributed by atoms with E-state index >= 15 is 0 Å². The van der Waals surface area contributed by atoms with E-state index in [1.165, 1.54) is 11.1 Å². The third kappa shape index (κ3) is 4.68. The molecule has 0 aliphatic carbocycles. The number of nitrogens with zero attached hydrogens (tertiary/aromatic N) is 3. The van der Waals surface area contributed by atoms with Crippen molar-refractivity contribution in [1.29, 1.82) is 0 Å². The number of carbonyl (C=O) groups is 1. The number of imidazole rings is 1. The molecule has 0 radical (unpaired) electrons. The molecule has 1 aromatic heterocycles.